The van der Waals surface area contributed by atoms with Gasteiger partial charge in [-0.05, 0) is 30.9 Å². The number of carbonyl (C=O) groups excluding carboxylic acids is 3. The van der Waals surface area contributed by atoms with E-state index >= 15 is 0 Å². The molecule has 2 N–H and O–H groups in total. The molecule has 0 heterocycles. The topological polar surface area (TPSA) is 93.7 Å². The van der Waals surface area contributed by atoms with Gasteiger partial charge < -0.3 is 14.8 Å². The Balaban J connectivity index is 2.15. The Labute approximate surface area is 148 Å². The fraction of sp³-hybridized carbons (Fsp3) is 0.500. The first-order valence-electron chi connectivity index (χ1n) is 8.30. The molecule has 0 bridgehead atoms. The number of hydrogen-bond donors (Lipinski definition) is 2. The molecule has 0 spiro atoms. The maximum Gasteiger partial charge on any atom is 0.321 e. The van der Waals surface area contributed by atoms with E-state index in [1.54, 1.807) is 0 Å². The lowest BCUT2D eigenvalue weighted by Gasteiger charge is -2.09. The van der Waals surface area contributed by atoms with Crippen molar-refractivity contribution in [1.82, 2.24) is 10.6 Å². The molecule has 0 aliphatic heterocycles. The lowest BCUT2D eigenvalue weighted by molar-refractivity contribution is -0.148. The Bertz CT molecular complexity index is 587. The summed E-state index contributed by atoms with van der Waals surface area (Å²) in [6.45, 7) is 6.11. The number of urea groups is 1. The third-order valence-corrected chi connectivity index (χ3v) is 3.28. The molecule has 0 saturated carbocycles. The van der Waals surface area contributed by atoms with Crippen molar-refractivity contribution in [3.63, 3.8) is 0 Å². The van der Waals surface area contributed by atoms with Crippen LogP contribution in [0.5, 0.6) is 5.75 Å². The summed E-state index contributed by atoms with van der Waals surface area (Å²) in [5, 5.41) is 4.66. The highest BCUT2D eigenvalue weighted by molar-refractivity contribution is 5.95. The van der Waals surface area contributed by atoms with E-state index in [0.29, 0.717) is 18.2 Å². The number of esters is 1. The standard InChI is InChI=1S/C18H26N2O5/c1-13(2)8-10-19-18(23)20-16(21)12-25-17(22)9-11-24-15-7-5-4-6-14(15)3/h4-7,13H,8-12H2,1-3H3,(H2,19,20,21,23). The molecule has 0 unspecified atom stereocenters. The molecular weight excluding hydrogens is 324 g/mol. The molecule has 138 valence electrons. The number of rotatable bonds is 9. The van der Waals surface area contributed by atoms with E-state index in [1.807, 2.05) is 45.0 Å². The maximum absolute atomic E-state index is 11.6. The molecule has 7 heteroatoms. The second kappa shape index (κ2) is 11.1. The molecule has 1 aromatic rings. The molecule has 0 radical (unpaired) electrons. The van der Waals surface area contributed by atoms with Gasteiger partial charge >= 0.3 is 12.0 Å². The number of amides is 3. The first-order valence-corrected chi connectivity index (χ1v) is 8.30. The van der Waals surface area contributed by atoms with Gasteiger partial charge in [-0.25, -0.2) is 4.79 Å². The highest BCUT2D eigenvalue weighted by Crippen LogP contribution is 2.16. The van der Waals surface area contributed by atoms with Crippen molar-refractivity contribution in [2.24, 2.45) is 5.92 Å². The fourth-order valence-corrected chi connectivity index (χ4v) is 1.86. The van der Waals surface area contributed by atoms with Crippen LogP contribution in [0.1, 0.15) is 32.3 Å². The zero-order valence-electron chi connectivity index (χ0n) is 15.0. The highest BCUT2D eigenvalue weighted by Gasteiger charge is 2.11. The number of imide groups is 1. The first-order chi connectivity index (χ1) is 11.9. The second-order valence-electron chi connectivity index (χ2n) is 6.01. The molecule has 0 atom stereocenters. The van der Waals surface area contributed by atoms with E-state index in [0.717, 1.165) is 12.0 Å². The summed E-state index contributed by atoms with van der Waals surface area (Å²) in [4.78, 5) is 34.5. The van der Waals surface area contributed by atoms with Gasteiger partial charge in [0.1, 0.15) is 5.75 Å². The molecule has 0 aliphatic carbocycles. The maximum atomic E-state index is 11.6. The Hall–Kier alpha value is -2.57. The largest absolute Gasteiger partial charge is 0.493 e. The quantitative estimate of drug-likeness (QED) is 0.666. The smallest absolute Gasteiger partial charge is 0.321 e. The fourth-order valence-electron chi connectivity index (χ4n) is 1.86. The summed E-state index contributed by atoms with van der Waals surface area (Å²) in [6.07, 6.45) is 0.833. The van der Waals surface area contributed by atoms with Crippen LogP contribution >= 0.6 is 0 Å². The monoisotopic (exact) mass is 350 g/mol. The van der Waals surface area contributed by atoms with Crippen LogP contribution in [-0.4, -0.2) is 37.7 Å². The predicted molar refractivity (Wildman–Crippen MR) is 93.2 cm³/mol. The number of carbonyl (C=O) groups is 3. The van der Waals surface area contributed by atoms with Crippen LogP contribution in [0.4, 0.5) is 4.79 Å². The van der Waals surface area contributed by atoms with Crippen molar-refractivity contribution in [3.8, 4) is 5.75 Å². The lowest BCUT2D eigenvalue weighted by atomic mass is 10.1. The Morgan fingerprint density at radius 1 is 1.16 bits per heavy atom. The van der Waals surface area contributed by atoms with Gasteiger partial charge in [0.25, 0.3) is 5.91 Å². The molecule has 1 aromatic carbocycles. The van der Waals surface area contributed by atoms with Crippen molar-refractivity contribution in [3.05, 3.63) is 29.8 Å². The van der Waals surface area contributed by atoms with Gasteiger partial charge in [-0.3, -0.25) is 14.9 Å². The van der Waals surface area contributed by atoms with Crippen LogP contribution in [0.3, 0.4) is 0 Å². The summed E-state index contributed by atoms with van der Waals surface area (Å²) < 4.78 is 10.3. The Morgan fingerprint density at radius 3 is 2.56 bits per heavy atom. The van der Waals surface area contributed by atoms with Crippen LogP contribution in [0.15, 0.2) is 24.3 Å². The zero-order valence-corrected chi connectivity index (χ0v) is 15.0. The average molecular weight is 350 g/mol. The first kappa shape index (κ1) is 20.5. The average Bonchev–Trinajstić information content (AvgIpc) is 2.54. The minimum atomic E-state index is -0.671. The molecule has 0 fully saturated rings. The third-order valence-electron chi connectivity index (χ3n) is 3.28. The second-order valence-corrected chi connectivity index (χ2v) is 6.01. The number of para-hydroxylation sites is 1. The van der Waals surface area contributed by atoms with E-state index in [9.17, 15) is 14.4 Å². The summed E-state index contributed by atoms with van der Waals surface area (Å²) in [5.74, 6) is -0.0795. The molecular formula is C18H26N2O5. The van der Waals surface area contributed by atoms with E-state index < -0.39 is 24.5 Å². The van der Waals surface area contributed by atoms with Crippen molar-refractivity contribution >= 4 is 17.9 Å². The lowest BCUT2D eigenvalue weighted by Crippen LogP contribution is -2.42. The molecule has 7 nitrogen and oxygen atoms in total. The molecule has 25 heavy (non-hydrogen) atoms. The summed E-state index contributed by atoms with van der Waals surface area (Å²) in [7, 11) is 0. The Morgan fingerprint density at radius 2 is 1.88 bits per heavy atom. The predicted octanol–water partition coefficient (Wildman–Crippen LogP) is 2.18. The van der Waals surface area contributed by atoms with Gasteiger partial charge in [0.05, 0.1) is 13.0 Å². The summed E-state index contributed by atoms with van der Waals surface area (Å²) in [5.41, 5.74) is 0.971. The molecule has 3 amide bonds. The zero-order chi connectivity index (χ0) is 18.7. The van der Waals surface area contributed by atoms with E-state index in [2.05, 4.69) is 10.6 Å². The van der Waals surface area contributed by atoms with Crippen molar-refractivity contribution in [2.75, 3.05) is 19.8 Å². The van der Waals surface area contributed by atoms with Crippen molar-refractivity contribution in [2.45, 2.75) is 33.6 Å². The minimum absolute atomic E-state index is 0.0161. The van der Waals surface area contributed by atoms with Gasteiger partial charge in [-0.1, -0.05) is 32.0 Å². The SMILES string of the molecule is Cc1ccccc1OCCC(=O)OCC(=O)NC(=O)NCCC(C)C. The number of ether oxygens (including phenoxy) is 2. The highest BCUT2D eigenvalue weighted by atomic mass is 16.5. The van der Waals surface area contributed by atoms with Crippen LogP contribution in [0.25, 0.3) is 0 Å². The summed E-state index contributed by atoms with van der Waals surface area (Å²) in [6, 6.07) is 6.87. The van der Waals surface area contributed by atoms with Gasteiger partial charge in [0, 0.05) is 6.54 Å². The number of aryl methyl sites for hydroxylation is 1. The van der Waals surface area contributed by atoms with Crippen molar-refractivity contribution in [1.29, 1.82) is 0 Å². The molecule has 1 rings (SSSR count). The minimum Gasteiger partial charge on any atom is -0.493 e. The van der Waals surface area contributed by atoms with Crippen LogP contribution < -0.4 is 15.4 Å². The van der Waals surface area contributed by atoms with Crippen LogP contribution in [0, 0.1) is 12.8 Å². The Kier molecular flexibility index (Phi) is 9.06. The van der Waals surface area contributed by atoms with E-state index in [4.69, 9.17) is 9.47 Å². The number of benzene rings is 1. The normalized spacial score (nSPS) is 10.2. The molecule has 0 saturated heterocycles. The molecule has 0 aromatic heterocycles. The third kappa shape index (κ3) is 9.34. The van der Waals surface area contributed by atoms with Gasteiger partial charge in [-0.15, -0.1) is 0 Å². The van der Waals surface area contributed by atoms with Crippen LogP contribution in [-0.2, 0) is 14.3 Å². The van der Waals surface area contributed by atoms with Gasteiger partial charge in [0.2, 0.25) is 0 Å². The van der Waals surface area contributed by atoms with Crippen molar-refractivity contribution < 1.29 is 23.9 Å². The number of nitrogens with one attached hydrogen (secondary N) is 2. The van der Waals surface area contributed by atoms with E-state index in [-0.39, 0.29) is 13.0 Å². The molecule has 0 aliphatic rings. The van der Waals surface area contributed by atoms with E-state index in [1.165, 1.54) is 0 Å². The number of hydrogen-bond acceptors (Lipinski definition) is 5. The summed E-state index contributed by atoms with van der Waals surface area (Å²) >= 11 is 0. The van der Waals surface area contributed by atoms with Gasteiger partial charge in [-0.2, -0.15) is 0 Å². The van der Waals surface area contributed by atoms with Crippen LogP contribution in [0.2, 0.25) is 0 Å². The van der Waals surface area contributed by atoms with Gasteiger partial charge in [0.15, 0.2) is 6.61 Å².